The number of hydrogen-bond donors (Lipinski definition) is 2. The van der Waals surface area contributed by atoms with Crippen molar-refractivity contribution in [3.8, 4) is 0 Å². The van der Waals surface area contributed by atoms with E-state index in [0.29, 0.717) is 25.8 Å². The van der Waals surface area contributed by atoms with Crippen LogP contribution in [0.5, 0.6) is 0 Å². The average Bonchev–Trinajstić information content (AvgIpc) is 2.95. The van der Waals surface area contributed by atoms with Crippen LogP contribution in [0, 0.1) is 5.41 Å². The summed E-state index contributed by atoms with van der Waals surface area (Å²) in [5.41, 5.74) is -2.56. The standard InChI is InChI=1S/C16H27NO5/c1-14(2,3)22-13(20)17-9-8-15(11-17,12(18)19)10-16(21)6-4-5-7-16/h21H,4-11H2,1-3H3,(H,18,19). The lowest BCUT2D eigenvalue weighted by Crippen LogP contribution is -2.44. The van der Waals surface area contributed by atoms with Gasteiger partial charge in [-0.3, -0.25) is 4.79 Å². The van der Waals surface area contributed by atoms with E-state index in [-0.39, 0.29) is 13.0 Å². The highest BCUT2D eigenvalue weighted by atomic mass is 16.6. The van der Waals surface area contributed by atoms with Gasteiger partial charge in [-0.05, 0) is 46.5 Å². The van der Waals surface area contributed by atoms with Crippen molar-refractivity contribution < 1.29 is 24.5 Å². The monoisotopic (exact) mass is 313 g/mol. The fourth-order valence-corrected chi connectivity index (χ4v) is 3.59. The zero-order chi connectivity index (χ0) is 16.6. The van der Waals surface area contributed by atoms with E-state index in [2.05, 4.69) is 0 Å². The van der Waals surface area contributed by atoms with E-state index in [9.17, 15) is 19.8 Å². The Hall–Kier alpha value is -1.30. The highest BCUT2D eigenvalue weighted by molar-refractivity contribution is 5.78. The molecular weight excluding hydrogens is 286 g/mol. The third-order valence-electron chi connectivity index (χ3n) is 4.66. The van der Waals surface area contributed by atoms with Crippen LogP contribution < -0.4 is 0 Å². The van der Waals surface area contributed by atoms with Crippen molar-refractivity contribution in [2.24, 2.45) is 5.41 Å². The number of aliphatic carboxylic acids is 1. The van der Waals surface area contributed by atoms with Crippen LogP contribution in [-0.4, -0.2) is 51.5 Å². The Morgan fingerprint density at radius 2 is 1.77 bits per heavy atom. The maximum Gasteiger partial charge on any atom is 0.410 e. The Bertz CT molecular complexity index is 450. The molecular formula is C16H27NO5. The van der Waals surface area contributed by atoms with Gasteiger partial charge in [-0.1, -0.05) is 12.8 Å². The number of carbonyl (C=O) groups excluding carboxylic acids is 1. The number of likely N-dealkylation sites (tertiary alicyclic amines) is 1. The van der Waals surface area contributed by atoms with Crippen LogP contribution in [0.2, 0.25) is 0 Å². The van der Waals surface area contributed by atoms with Gasteiger partial charge >= 0.3 is 12.1 Å². The third kappa shape index (κ3) is 3.72. The molecule has 1 saturated heterocycles. The van der Waals surface area contributed by atoms with Crippen molar-refractivity contribution in [2.75, 3.05) is 13.1 Å². The van der Waals surface area contributed by atoms with Crippen LogP contribution in [0.3, 0.4) is 0 Å². The molecule has 0 radical (unpaired) electrons. The molecule has 2 aliphatic rings. The largest absolute Gasteiger partial charge is 0.481 e. The van der Waals surface area contributed by atoms with Crippen molar-refractivity contribution in [2.45, 2.75) is 70.5 Å². The first kappa shape index (κ1) is 17.1. The van der Waals surface area contributed by atoms with Gasteiger partial charge < -0.3 is 19.8 Å². The van der Waals surface area contributed by atoms with Gasteiger partial charge in [0.05, 0.1) is 11.0 Å². The Kier molecular flexibility index (Phi) is 4.44. The van der Waals surface area contributed by atoms with Gasteiger partial charge in [0.2, 0.25) is 0 Å². The van der Waals surface area contributed by atoms with E-state index in [4.69, 9.17) is 4.74 Å². The van der Waals surface area contributed by atoms with Crippen LogP contribution in [-0.2, 0) is 9.53 Å². The fraction of sp³-hybridized carbons (Fsp3) is 0.875. The lowest BCUT2D eigenvalue weighted by atomic mass is 9.75. The molecule has 6 nitrogen and oxygen atoms in total. The molecule has 1 aliphatic heterocycles. The molecule has 22 heavy (non-hydrogen) atoms. The molecule has 0 aromatic heterocycles. The summed E-state index contributed by atoms with van der Waals surface area (Å²) in [5, 5.41) is 20.3. The summed E-state index contributed by atoms with van der Waals surface area (Å²) in [5.74, 6) is -0.932. The summed E-state index contributed by atoms with van der Waals surface area (Å²) in [6.45, 7) is 5.82. The van der Waals surface area contributed by atoms with Gasteiger partial charge in [-0.15, -0.1) is 0 Å². The maximum atomic E-state index is 12.1. The summed E-state index contributed by atoms with van der Waals surface area (Å²) in [6.07, 6.45) is 3.26. The van der Waals surface area contributed by atoms with Crippen LogP contribution >= 0.6 is 0 Å². The zero-order valence-electron chi connectivity index (χ0n) is 13.7. The van der Waals surface area contributed by atoms with Gasteiger partial charge in [-0.2, -0.15) is 0 Å². The summed E-state index contributed by atoms with van der Waals surface area (Å²) in [4.78, 5) is 25.4. The van der Waals surface area contributed by atoms with Gasteiger partial charge in [0.1, 0.15) is 5.60 Å². The Balaban J connectivity index is 2.08. The lowest BCUT2D eigenvalue weighted by molar-refractivity contribution is -0.152. The molecule has 1 heterocycles. The van der Waals surface area contributed by atoms with Gasteiger partial charge in [0.15, 0.2) is 0 Å². The van der Waals surface area contributed by atoms with Crippen molar-refractivity contribution in [1.29, 1.82) is 0 Å². The minimum atomic E-state index is -1.06. The predicted octanol–water partition coefficient (Wildman–Crippen LogP) is 2.39. The quantitative estimate of drug-likeness (QED) is 0.835. The molecule has 1 atom stereocenters. The second-order valence-electron chi connectivity index (χ2n) is 7.85. The van der Waals surface area contributed by atoms with E-state index in [1.54, 1.807) is 20.8 Å². The number of hydrogen-bond acceptors (Lipinski definition) is 4. The average molecular weight is 313 g/mol. The first-order valence-electron chi connectivity index (χ1n) is 7.99. The molecule has 0 spiro atoms. The molecule has 1 unspecified atom stereocenters. The molecule has 6 heteroatoms. The summed E-state index contributed by atoms with van der Waals surface area (Å²) >= 11 is 0. The number of ether oxygens (including phenoxy) is 1. The molecule has 2 rings (SSSR count). The van der Waals surface area contributed by atoms with E-state index >= 15 is 0 Å². The number of nitrogens with zero attached hydrogens (tertiary/aromatic N) is 1. The fourth-order valence-electron chi connectivity index (χ4n) is 3.59. The summed E-state index contributed by atoms with van der Waals surface area (Å²) in [7, 11) is 0. The highest BCUT2D eigenvalue weighted by Gasteiger charge is 2.51. The Morgan fingerprint density at radius 3 is 2.27 bits per heavy atom. The Labute approximate surface area is 131 Å². The maximum absolute atomic E-state index is 12.1. The zero-order valence-corrected chi connectivity index (χ0v) is 13.7. The minimum Gasteiger partial charge on any atom is -0.481 e. The molecule has 1 aliphatic carbocycles. The van der Waals surface area contributed by atoms with Crippen molar-refractivity contribution in [1.82, 2.24) is 4.90 Å². The number of aliphatic hydroxyl groups is 1. The Morgan fingerprint density at radius 1 is 1.18 bits per heavy atom. The number of carboxylic acids is 1. The second kappa shape index (κ2) is 5.72. The van der Waals surface area contributed by atoms with Gasteiger partial charge in [0, 0.05) is 13.1 Å². The van der Waals surface area contributed by atoms with Crippen LogP contribution in [0.25, 0.3) is 0 Å². The van der Waals surface area contributed by atoms with E-state index < -0.39 is 28.7 Å². The van der Waals surface area contributed by atoms with E-state index in [1.807, 2.05) is 0 Å². The first-order valence-corrected chi connectivity index (χ1v) is 7.99. The molecule has 2 N–H and O–H groups in total. The van der Waals surface area contributed by atoms with E-state index in [1.165, 1.54) is 4.90 Å². The lowest BCUT2D eigenvalue weighted by Gasteiger charge is -2.33. The van der Waals surface area contributed by atoms with Gasteiger partial charge in [-0.25, -0.2) is 4.79 Å². The smallest absolute Gasteiger partial charge is 0.410 e. The predicted molar refractivity (Wildman–Crippen MR) is 80.5 cm³/mol. The molecule has 126 valence electrons. The van der Waals surface area contributed by atoms with Crippen LogP contribution in [0.1, 0.15) is 59.3 Å². The number of amides is 1. The minimum absolute atomic E-state index is 0.111. The van der Waals surface area contributed by atoms with E-state index in [0.717, 1.165) is 12.8 Å². The number of carboxylic acid groups (broad SMARTS) is 1. The molecule has 1 amide bonds. The molecule has 1 saturated carbocycles. The highest BCUT2D eigenvalue weighted by Crippen LogP contribution is 2.44. The van der Waals surface area contributed by atoms with Crippen molar-refractivity contribution in [3.63, 3.8) is 0 Å². The van der Waals surface area contributed by atoms with Crippen LogP contribution in [0.15, 0.2) is 0 Å². The number of carbonyl (C=O) groups is 2. The van der Waals surface area contributed by atoms with Gasteiger partial charge in [0.25, 0.3) is 0 Å². The topological polar surface area (TPSA) is 87.1 Å². The summed E-state index contributed by atoms with van der Waals surface area (Å²) < 4.78 is 5.32. The van der Waals surface area contributed by atoms with Crippen molar-refractivity contribution >= 4 is 12.1 Å². The van der Waals surface area contributed by atoms with Crippen LogP contribution in [0.4, 0.5) is 4.79 Å². The number of rotatable bonds is 3. The first-order chi connectivity index (χ1) is 10.1. The van der Waals surface area contributed by atoms with Crippen molar-refractivity contribution in [3.05, 3.63) is 0 Å². The summed E-state index contributed by atoms with van der Waals surface area (Å²) in [6, 6.07) is 0. The molecule has 0 aromatic rings. The SMILES string of the molecule is CC(C)(C)OC(=O)N1CCC(CC2(O)CCCC2)(C(=O)O)C1. The molecule has 0 bridgehead atoms. The molecule has 2 fully saturated rings. The normalized spacial score (nSPS) is 27.9. The molecule has 0 aromatic carbocycles. The third-order valence-corrected chi connectivity index (χ3v) is 4.66. The second-order valence-corrected chi connectivity index (χ2v) is 7.85.